The minimum absolute atomic E-state index is 0.246. The molecule has 1 fully saturated rings. The van der Waals surface area contributed by atoms with Crippen molar-refractivity contribution >= 4 is 0 Å². The predicted octanol–water partition coefficient (Wildman–Crippen LogP) is 4.17. The quantitative estimate of drug-likeness (QED) is 0.713. The first-order chi connectivity index (χ1) is 7.47. The van der Waals surface area contributed by atoms with Gasteiger partial charge in [-0.2, -0.15) is 0 Å². The molecule has 94 valence electrons. The first kappa shape index (κ1) is 13.8. The molecule has 0 radical (unpaired) electrons. The SMILES string of the molecule is CCC(=CC1CCC(C(C)(C)C)CC1)CO. The summed E-state index contributed by atoms with van der Waals surface area (Å²) in [6, 6.07) is 0. The Morgan fingerprint density at radius 2 is 1.75 bits per heavy atom. The van der Waals surface area contributed by atoms with Crippen molar-refractivity contribution < 1.29 is 5.11 Å². The van der Waals surface area contributed by atoms with Gasteiger partial charge in [-0.1, -0.05) is 33.8 Å². The van der Waals surface area contributed by atoms with Gasteiger partial charge in [-0.3, -0.25) is 0 Å². The molecule has 0 bridgehead atoms. The van der Waals surface area contributed by atoms with Crippen molar-refractivity contribution in [1.29, 1.82) is 0 Å². The summed E-state index contributed by atoms with van der Waals surface area (Å²) in [5, 5.41) is 9.17. The second-order valence-electron chi connectivity index (χ2n) is 6.31. The van der Waals surface area contributed by atoms with Gasteiger partial charge in [0.2, 0.25) is 0 Å². The van der Waals surface area contributed by atoms with Crippen molar-refractivity contribution in [3.05, 3.63) is 11.6 Å². The van der Waals surface area contributed by atoms with E-state index in [0.29, 0.717) is 5.41 Å². The first-order valence-corrected chi connectivity index (χ1v) is 6.77. The van der Waals surface area contributed by atoms with Crippen LogP contribution in [0.4, 0.5) is 0 Å². The molecule has 0 saturated heterocycles. The van der Waals surface area contributed by atoms with Gasteiger partial charge in [0.25, 0.3) is 0 Å². The van der Waals surface area contributed by atoms with Crippen LogP contribution in [-0.4, -0.2) is 11.7 Å². The van der Waals surface area contributed by atoms with Crippen molar-refractivity contribution in [2.45, 2.75) is 59.8 Å². The van der Waals surface area contributed by atoms with E-state index in [1.54, 1.807) is 0 Å². The normalized spacial score (nSPS) is 28.2. The maximum absolute atomic E-state index is 9.17. The Bertz CT molecular complexity index is 220. The molecule has 1 aliphatic carbocycles. The molecule has 0 amide bonds. The molecule has 0 aromatic rings. The maximum Gasteiger partial charge on any atom is 0.0641 e. The van der Waals surface area contributed by atoms with Gasteiger partial charge < -0.3 is 5.11 Å². The zero-order chi connectivity index (χ0) is 12.2. The van der Waals surface area contributed by atoms with E-state index in [1.165, 1.54) is 31.3 Å². The molecule has 1 rings (SSSR count). The zero-order valence-corrected chi connectivity index (χ0v) is 11.4. The third kappa shape index (κ3) is 3.93. The lowest BCUT2D eigenvalue weighted by Gasteiger charge is -2.36. The Hall–Kier alpha value is -0.300. The molecule has 16 heavy (non-hydrogen) atoms. The number of aliphatic hydroxyl groups is 1. The third-order valence-corrected chi connectivity index (χ3v) is 4.13. The molecule has 1 saturated carbocycles. The largest absolute Gasteiger partial charge is 0.392 e. The number of hydrogen-bond donors (Lipinski definition) is 1. The molecule has 1 aliphatic rings. The summed E-state index contributed by atoms with van der Waals surface area (Å²) in [6.45, 7) is 9.45. The van der Waals surface area contributed by atoms with E-state index in [2.05, 4.69) is 33.8 Å². The molecular weight excluding hydrogens is 196 g/mol. The van der Waals surface area contributed by atoms with Crippen LogP contribution in [0.1, 0.15) is 59.8 Å². The van der Waals surface area contributed by atoms with Gasteiger partial charge in [-0.25, -0.2) is 0 Å². The van der Waals surface area contributed by atoms with Crippen LogP contribution in [0.5, 0.6) is 0 Å². The topological polar surface area (TPSA) is 20.2 Å². The smallest absolute Gasteiger partial charge is 0.0641 e. The Balaban J connectivity index is 2.46. The van der Waals surface area contributed by atoms with Crippen LogP contribution in [-0.2, 0) is 0 Å². The summed E-state index contributed by atoms with van der Waals surface area (Å²) >= 11 is 0. The molecule has 0 heterocycles. The second kappa shape index (κ2) is 5.86. The van der Waals surface area contributed by atoms with Crippen LogP contribution >= 0.6 is 0 Å². The molecule has 0 spiro atoms. The van der Waals surface area contributed by atoms with Gasteiger partial charge in [0.05, 0.1) is 6.61 Å². The molecule has 0 aromatic carbocycles. The van der Waals surface area contributed by atoms with Gasteiger partial charge in [0.15, 0.2) is 0 Å². The minimum atomic E-state index is 0.246. The molecule has 0 aromatic heterocycles. The fraction of sp³-hybridized carbons (Fsp3) is 0.867. The van der Waals surface area contributed by atoms with Crippen LogP contribution in [0.3, 0.4) is 0 Å². The zero-order valence-electron chi connectivity index (χ0n) is 11.4. The third-order valence-electron chi connectivity index (χ3n) is 4.13. The van der Waals surface area contributed by atoms with Crippen molar-refractivity contribution in [3.8, 4) is 0 Å². The van der Waals surface area contributed by atoms with Gasteiger partial charge in [0, 0.05) is 0 Å². The Labute approximate surface area is 101 Å². The average Bonchev–Trinajstić information content (AvgIpc) is 2.25. The van der Waals surface area contributed by atoms with E-state index in [4.69, 9.17) is 5.11 Å². The van der Waals surface area contributed by atoms with E-state index < -0.39 is 0 Å². The van der Waals surface area contributed by atoms with E-state index in [-0.39, 0.29) is 6.61 Å². The molecule has 0 atom stereocenters. The Kier molecular flexibility index (Phi) is 5.04. The summed E-state index contributed by atoms with van der Waals surface area (Å²) in [4.78, 5) is 0. The van der Waals surface area contributed by atoms with E-state index >= 15 is 0 Å². The lowest BCUT2D eigenvalue weighted by molar-refractivity contribution is 0.162. The van der Waals surface area contributed by atoms with Crippen molar-refractivity contribution in [2.75, 3.05) is 6.61 Å². The van der Waals surface area contributed by atoms with Crippen LogP contribution in [0.2, 0.25) is 0 Å². The Morgan fingerprint density at radius 1 is 1.19 bits per heavy atom. The highest BCUT2D eigenvalue weighted by molar-refractivity contribution is 5.05. The second-order valence-corrected chi connectivity index (χ2v) is 6.31. The molecular formula is C15H28O. The molecule has 1 N–H and O–H groups in total. The number of rotatable bonds is 3. The van der Waals surface area contributed by atoms with E-state index in [1.807, 2.05) is 0 Å². The minimum Gasteiger partial charge on any atom is -0.392 e. The summed E-state index contributed by atoms with van der Waals surface area (Å²) in [7, 11) is 0. The molecule has 0 aliphatic heterocycles. The highest BCUT2D eigenvalue weighted by atomic mass is 16.3. The average molecular weight is 224 g/mol. The fourth-order valence-electron chi connectivity index (χ4n) is 2.77. The number of hydrogen-bond acceptors (Lipinski definition) is 1. The van der Waals surface area contributed by atoms with Crippen molar-refractivity contribution in [1.82, 2.24) is 0 Å². The summed E-state index contributed by atoms with van der Waals surface area (Å²) in [6.07, 6.45) is 8.66. The molecule has 1 nitrogen and oxygen atoms in total. The van der Waals surface area contributed by atoms with Crippen LogP contribution in [0.15, 0.2) is 11.6 Å². The van der Waals surface area contributed by atoms with Gasteiger partial charge in [-0.15, -0.1) is 0 Å². The summed E-state index contributed by atoms with van der Waals surface area (Å²) in [5.41, 5.74) is 1.69. The van der Waals surface area contributed by atoms with Crippen molar-refractivity contribution in [2.24, 2.45) is 17.3 Å². The lowest BCUT2D eigenvalue weighted by Crippen LogP contribution is -2.25. The highest BCUT2D eigenvalue weighted by Crippen LogP contribution is 2.40. The standard InChI is InChI=1S/C15H28O/c1-5-12(11-16)10-13-6-8-14(9-7-13)15(2,3)4/h10,13-14,16H,5-9,11H2,1-4H3. The first-order valence-electron chi connectivity index (χ1n) is 6.77. The summed E-state index contributed by atoms with van der Waals surface area (Å²) < 4.78 is 0. The highest BCUT2D eigenvalue weighted by Gasteiger charge is 2.28. The summed E-state index contributed by atoms with van der Waals surface area (Å²) in [5.74, 6) is 1.61. The maximum atomic E-state index is 9.17. The lowest BCUT2D eigenvalue weighted by atomic mass is 9.69. The molecule has 0 unspecified atom stereocenters. The van der Waals surface area contributed by atoms with Gasteiger partial charge in [0.1, 0.15) is 0 Å². The van der Waals surface area contributed by atoms with Crippen LogP contribution in [0, 0.1) is 17.3 Å². The van der Waals surface area contributed by atoms with Gasteiger partial charge >= 0.3 is 0 Å². The Morgan fingerprint density at radius 3 is 2.12 bits per heavy atom. The number of aliphatic hydroxyl groups excluding tert-OH is 1. The van der Waals surface area contributed by atoms with Crippen LogP contribution in [0.25, 0.3) is 0 Å². The van der Waals surface area contributed by atoms with Crippen molar-refractivity contribution in [3.63, 3.8) is 0 Å². The van der Waals surface area contributed by atoms with Gasteiger partial charge in [-0.05, 0) is 54.9 Å². The van der Waals surface area contributed by atoms with E-state index in [0.717, 1.165) is 18.3 Å². The molecule has 1 heteroatoms. The van der Waals surface area contributed by atoms with E-state index in [9.17, 15) is 0 Å². The monoisotopic (exact) mass is 224 g/mol. The fourth-order valence-corrected chi connectivity index (χ4v) is 2.77. The predicted molar refractivity (Wildman–Crippen MR) is 70.4 cm³/mol. The van der Waals surface area contributed by atoms with Crippen LogP contribution < -0.4 is 0 Å². The number of allylic oxidation sites excluding steroid dienone is 1.